The predicted molar refractivity (Wildman–Crippen MR) is 80.8 cm³/mol. The Hall–Kier alpha value is -0.450. The molecule has 1 saturated heterocycles. The number of ether oxygens (including phenoxy) is 1. The number of rotatable bonds is 0. The highest BCUT2D eigenvalue weighted by Crippen LogP contribution is 2.64. The van der Waals surface area contributed by atoms with E-state index in [1.54, 1.807) is 0 Å². The molecule has 4 nitrogen and oxygen atoms in total. The minimum absolute atomic E-state index is 0.435. The van der Waals surface area contributed by atoms with Gasteiger partial charge in [-0.1, -0.05) is 0 Å². The molecular weight excluding hydrogens is 292 g/mol. The standard InChI is InChI=1S/C19H26O4/c20-17-7-13-2-14(8-17)10-18(9-13)21-19(23-22-18)15-3-11-1-12(5-15)6-16(19)4-11/h11-16H,1-10H2. The summed E-state index contributed by atoms with van der Waals surface area (Å²) in [5.74, 6) is 3.15. The SMILES string of the molecule is O=C1CC2CC(C1)CC1(C2)OOC2(O1)C1CC3CC(C1)CC2C3. The normalized spacial score (nSPS) is 60.1. The molecule has 23 heavy (non-hydrogen) atoms. The smallest absolute Gasteiger partial charge is 0.210 e. The van der Waals surface area contributed by atoms with Crippen LogP contribution in [0.1, 0.15) is 64.2 Å². The second-order valence-electron chi connectivity index (χ2n) is 9.53. The summed E-state index contributed by atoms with van der Waals surface area (Å²) in [5, 5.41) is 0. The van der Waals surface area contributed by atoms with Crippen LogP contribution in [-0.4, -0.2) is 17.4 Å². The lowest BCUT2D eigenvalue weighted by molar-refractivity contribution is -0.391. The van der Waals surface area contributed by atoms with Gasteiger partial charge in [-0.05, 0) is 62.2 Å². The van der Waals surface area contributed by atoms with Gasteiger partial charge in [-0.2, -0.15) is 9.78 Å². The van der Waals surface area contributed by atoms with Gasteiger partial charge in [0.2, 0.25) is 11.6 Å². The minimum atomic E-state index is -0.552. The Labute approximate surface area is 137 Å². The Balaban J connectivity index is 1.29. The van der Waals surface area contributed by atoms with E-state index in [1.165, 1.54) is 38.5 Å². The maximum atomic E-state index is 11.9. The Morgan fingerprint density at radius 1 is 0.739 bits per heavy atom. The third-order valence-corrected chi connectivity index (χ3v) is 7.84. The second-order valence-corrected chi connectivity index (χ2v) is 9.53. The summed E-state index contributed by atoms with van der Waals surface area (Å²) in [6, 6.07) is 0. The Bertz CT molecular complexity index is 512. The fraction of sp³-hybridized carbons (Fsp3) is 0.947. The zero-order chi connectivity index (χ0) is 15.2. The molecule has 4 heteroatoms. The molecule has 6 bridgehead atoms. The van der Waals surface area contributed by atoms with Crippen LogP contribution in [0.15, 0.2) is 0 Å². The minimum Gasteiger partial charge on any atom is -0.312 e. The zero-order valence-corrected chi connectivity index (χ0v) is 13.7. The van der Waals surface area contributed by atoms with Crippen LogP contribution in [0.25, 0.3) is 0 Å². The van der Waals surface area contributed by atoms with Gasteiger partial charge in [-0.3, -0.25) is 4.79 Å². The Morgan fingerprint density at radius 2 is 1.30 bits per heavy atom. The van der Waals surface area contributed by atoms with E-state index in [0.717, 1.165) is 37.5 Å². The first-order chi connectivity index (χ1) is 11.1. The van der Waals surface area contributed by atoms with Crippen molar-refractivity contribution in [2.45, 2.75) is 75.8 Å². The number of fused-ring (bicyclic) bond motifs is 2. The van der Waals surface area contributed by atoms with Gasteiger partial charge in [0.25, 0.3) is 0 Å². The van der Waals surface area contributed by atoms with Crippen molar-refractivity contribution in [2.75, 3.05) is 0 Å². The molecule has 2 atom stereocenters. The highest BCUT2D eigenvalue weighted by Gasteiger charge is 2.67. The van der Waals surface area contributed by atoms with E-state index in [0.29, 0.717) is 29.5 Å². The van der Waals surface area contributed by atoms with Crippen molar-refractivity contribution in [3.63, 3.8) is 0 Å². The van der Waals surface area contributed by atoms with E-state index in [9.17, 15) is 4.79 Å². The van der Waals surface area contributed by atoms with Gasteiger partial charge >= 0.3 is 0 Å². The van der Waals surface area contributed by atoms with Crippen LogP contribution in [0.4, 0.5) is 0 Å². The molecule has 7 rings (SSSR count). The summed E-state index contributed by atoms with van der Waals surface area (Å²) in [6.45, 7) is 0. The van der Waals surface area contributed by atoms with Gasteiger partial charge in [0.15, 0.2) is 0 Å². The Morgan fingerprint density at radius 3 is 1.91 bits per heavy atom. The Kier molecular flexibility index (Phi) is 2.63. The number of hydrogen-bond acceptors (Lipinski definition) is 4. The molecule has 1 heterocycles. The molecule has 0 radical (unpaired) electrons. The number of ketones is 1. The maximum absolute atomic E-state index is 11.9. The molecule has 2 unspecified atom stereocenters. The first-order valence-corrected chi connectivity index (χ1v) is 9.71. The molecule has 7 aliphatic rings. The van der Waals surface area contributed by atoms with Gasteiger partial charge in [-0.15, -0.1) is 0 Å². The molecule has 0 aromatic rings. The average Bonchev–Trinajstić information content (AvgIpc) is 2.83. The first kappa shape index (κ1) is 13.8. The number of carbonyl (C=O) groups excluding carboxylic acids is 1. The molecule has 6 saturated carbocycles. The van der Waals surface area contributed by atoms with Crippen molar-refractivity contribution in [2.24, 2.45) is 35.5 Å². The summed E-state index contributed by atoms with van der Waals surface area (Å²) >= 11 is 0. The molecule has 0 aromatic carbocycles. The van der Waals surface area contributed by atoms with Crippen LogP contribution in [0.3, 0.4) is 0 Å². The molecule has 2 spiro atoms. The maximum Gasteiger partial charge on any atom is 0.210 e. The van der Waals surface area contributed by atoms with Crippen molar-refractivity contribution in [3.05, 3.63) is 0 Å². The van der Waals surface area contributed by atoms with Gasteiger partial charge in [-0.25, -0.2) is 0 Å². The predicted octanol–water partition coefficient (Wildman–Crippen LogP) is 3.59. The first-order valence-electron chi connectivity index (χ1n) is 9.71. The molecule has 0 amide bonds. The van der Waals surface area contributed by atoms with Crippen LogP contribution >= 0.6 is 0 Å². The third kappa shape index (κ3) is 1.86. The van der Waals surface area contributed by atoms with Crippen molar-refractivity contribution in [3.8, 4) is 0 Å². The topological polar surface area (TPSA) is 44.8 Å². The average molecular weight is 318 g/mol. The van der Waals surface area contributed by atoms with Crippen LogP contribution in [0, 0.1) is 35.5 Å². The van der Waals surface area contributed by atoms with Gasteiger partial charge in [0, 0.05) is 37.5 Å². The summed E-state index contributed by atoms with van der Waals surface area (Å²) in [4.78, 5) is 24.0. The molecule has 6 aliphatic carbocycles. The van der Waals surface area contributed by atoms with E-state index in [4.69, 9.17) is 14.5 Å². The number of hydrogen-bond donors (Lipinski definition) is 0. The van der Waals surface area contributed by atoms with E-state index >= 15 is 0 Å². The highest BCUT2D eigenvalue weighted by molar-refractivity contribution is 5.79. The summed E-state index contributed by atoms with van der Waals surface area (Å²) < 4.78 is 6.77. The quantitative estimate of drug-likeness (QED) is 0.640. The summed E-state index contributed by atoms with van der Waals surface area (Å²) in [7, 11) is 0. The number of carbonyl (C=O) groups is 1. The van der Waals surface area contributed by atoms with Gasteiger partial charge < -0.3 is 4.74 Å². The van der Waals surface area contributed by atoms with Crippen LogP contribution < -0.4 is 0 Å². The third-order valence-electron chi connectivity index (χ3n) is 7.84. The van der Waals surface area contributed by atoms with E-state index in [-0.39, 0.29) is 0 Å². The van der Waals surface area contributed by atoms with Crippen LogP contribution in [0.2, 0.25) is 0 Å². The molecule has 126 valence electrons. The van der Waals surface area contributed by atoms with Gasteiger partial charge in [0.1, 0.15) is 5.78 Å². The molecular formula is C19H26O4. The summed E-state index contributed by atoms with van der Waals surface area (Å²) in [5.41, 5.74) is 0. The lowest BCUT2D eigenvalue weighted by atomic mass is 9.53. The van der Waals surface area contributed by atoms with E-state index in [1.807, 2.05) is 0 Å². The summed E-state index contributed by atoms with van der Waals surface area (Å²) in [6.07, 6.45) is 10.8. The van der Waals surface area contributed by atoms with E-state index in [2.05, 4.69) is 0 Å². The van der Waals surface area contributed by atoms with Crippen molar-refractivity contribution in [1.82, 2.24) is 0 Å². The van der Waals surface area contributed by atoms with Gasteiger partial charge in [0.05, 0.1) is 0 Å². The van der Waals surface area contributed by atoms with Crippen molar-refractivity contribution >= 4 is 5.78 Å². The van der Waals surface area contributed by atoms with Crippen molar-refractivity contribution in [1.29, 1.82) is 0 Å². The lowest BCUT2D eigenvalue weighted by Crippen LogP contribution is -2.59. The monoisotopic (exact) mass is 318 g/mol. The largest absolute Gasteiger partial charge is 0.312 e. The molecule has 1 aliphatic heterocycles. The number of Topliss-reactive ketones (excluding diaryl/α,β-unsaturated/α-hetero) is 1. The van der Waals surface area contributed by atoms with Crippen LogP contribution in [-0.2, 0) is 19.3 Å². The lowest BCUT2D eigenvalue weighted by Gasteiger charge is -2.57. The molecule has 0 aromatic heterocycles. The van der Waals surface area contributed by atoms with Crippen LogP contribution in [0.5, 0.6) is 0 Å². The van der Waals surface area contributed by atoms with E-state index < -0.39 is 11.6 Å². The fourth-order valence-corrected chi connectivity index (χ4v) is 7.40. The van der Waals surface area contributed by atoms with Crippen molar-refractivity contribution < 1.29 is 19.3 Å². The zero-order valence-electron chi connectivity index (χ0n) is 13.7. The second kappa shape index (κ2) is 4.39. The molecule has 0 N–H and O–H groups in total. The molecule has 7 fully saturated rings. The highest BCUT2D eigenvalue weighted by atomic mass is 17.3. The fourth-order valence-electron chi connectivity index (χ4n) is 7.40.